The maximum Gasteiger partial charge on any atom is 0.129 e. The number of benzene rings is 1. The van der Waals surface area contributed by atoms with Crippen LogP contribution >= 0.6 is 0 Å². The van der Waals surface area contributed by atoms with Gasteiger partial charge in [0.1, 0.15) is 5.82 Å². The predicted molar refractivity (Wildman–Crippen MR) is 94.3 cm³/mol. The number of pyridine rings is 1. The minimum Gasteiger partial charge on any atom is -0.372 e. The summed E-state index contributed by atoms with van der Waals surface area (Å²) in [6.45, 7) is 12.7. The van der Waals surface area contributed by atoms with Crippen molar-refractivity contribution in [3.05, 3.63) is 48.2 Å². The molecule has 0 spiro atoms. The van der Waals surface area contributed by atoms with Gasteiger partial charge in [-0.1, -0.05) is 31.6 Å². The van der Waals surface area contributed by atoms with Gasteiger partial charge in [-0.3, -0.25) is 0 Å². The maximum atomic E-state index is 4.83. The van der Waals surface area contributed by atoms with Gasteiger partial charge in [-0.05, 0) is 37.6 Å². The highest BCUT2D eigenvalue weighted by molar-refractivity contribution is 5.81. The lowest BCUT2D eigenvalue weighted by Gasteiger charge is -2.37. The van der Waals surface area contributed by atoms with Crippen LogP contribution in [0.15, 0.2) is 42.6 Å². The summed E-state index contributed by atoms with van der Waals surface area (Å²) in [5.74, 6) is 1.09. The van der Waals surface area contributed by atoms with E-state index in [1.807, 2.05) is 0 Å². The molecule has 1 aromatic heterocycles. The molecule has 0 saturated carbocycles. The Bertz CT molecular complexity index is 669. The number of fused-ring (bicyclic) bond motifs is 1. The summed E-state index contributed by atoms with van der Waals surface area (Å²) >= 11 is 0. The first kappa shape index (κ1) is 14.9. The summed E-state index contributed by atoms with van der Waals surface area (Å²) in [7, 11) is 0. The number of piperazine rings is 1. The van der Waals surface area contributed by atoms with Crippen LogP contribution in [-0.4, -0.2) is 36.1 Å². The van der Waals surface area contributed by atoms with Crippen LogP contribution in [0.4, 0.5) is 5.82 Å². The first-order valence-corrected chi connectivity index (χ1v) is 8.22. The van der Waals surface area contributed by atoms with Crippen molar-refractivity contribution >= 4 is 16.7 Å². The number of anilines is 1. The Morgan fingerprint density at radius 3 is 2.64 bits per heavy atom. The lowest BCUT2D eigenvalue weighted by atomic mass is 10.1. The molecular formula is C19H25N3. The van der Waals surface area contributed by atoms with Gasteiger partial charge >= 0.3 is 0 Å². The summed E-state index contributed by atoms with van der Waals surface area (Å²) in [5, 5.41) is 1.22. The largest absolute Gasteiger partial charge is 0.372 e. The molecule has 1 aliphatic heterocycles. The standard InChI is InChI=1S/C19H25N3/c1-4-5-16(3)21-10-12-22(13-11-21)19-9-7-17-14-15(2)6-8-18(17)20-19/h6-9,14H,3-5,10-13H2,1-2H3. The third-order valence-corrected chi connectivity index (χ3v) is 4.42. The van der Waals surface area contributed by atoms with Gasteiger partial charge in [0.25, 0.3) is 0 Å². The Hall–Kier alpha value is -2.03. The second-order valence-corrected chi connectivity index (χ2v) is 6.16. The molecule has 0 atom stereocenters. The van der Waals surface area contributed by atoms with Gasteiger partial charge in [-0.25, -0.2) is 4.98 Å². The molecule has 2 aromatic rings. The molecule has 0 N–H and O–H groups in total. The van der Waals surface area contributed by atoms with Gasteiger partial charge in [0.05, 0.1) is 5.52 Å². The van der Waals surface area contributed by atoms with Crippen LogP contribution in [-0.2, 0) is 0 Å². The Morgan fingerprint density at radius 1 is 1.14 bits per heavy atom. The number of rotatable bonds is 4. The number of aryl methyl sites for hydroxylation is 1. The molecule has 1 aliphatic rings. The molecule has 0 bridgehead atoms. The van der Waals surface area contributed by atoms with Crippen molar-refractivity contribution in [2.45, 2.75) is 26.7 Å². The quantitative estimate of drug-likeness (QED) is 0.850. The minimum absolute atomic E-state index is 1.02. The lowest BCUT2D eigenvalue weighted by Crippen LogP contribution is -2.46. The SMILES string of the molecule is C=C(CCC)N1CCN(c2ccc3cc(C)ccc3n2)CC1. The van der Waals surface area contributed by atoms with Crippen molar-refractivity contribution in [1.82, 2.24) is 9.88 Å². The van der Waals surface area contributed by atoms with E-state index >= 15 is 0 Å². The molecule has 3 heteroatoms. The molecule has 0 aliphatic carbocycles. The fourth-order valence-electron chi connectivity index (χ4n) is 3.11. The third kappa shape index (κ3) is 3.08. The van der Waals surface area contributed by atoms with E-state index < -0.39 is 0 Å². The van der Waals surface area contributed by atoms with Gasteiger partial charge in [0.15, 0.2) is 0 Å². The van der Waals surface area contributed by atoms with Crippen molar-refractivity contribution in [2.75, 3.05) is 31.1 Å². The summed E-state index contributed by atoms with van der Waals surface area (Å²) in [5.41, 5.74) is 3.65. The number of nitrogens with zero attached hydrogens (tertiary/aromatic N) is 3. The van der Waals surface area contributed by atoms with Crippen LogP contribution in [0.25, 0.3) is 10.9 Å². The van der Waals surface area contributed by atoms with E-state index in [-0.39, 0.29) is 0 Å². The Labute approximate surface area is 133 Å². The summed E-state index contributed by atoms with van der Waals surface area (Å²) in [6.07, 6.45) is 2.28. The summed E-state index contributed by atoms with van der Waals surface area (Å²) in [4.78, 5) is 9.64. The highest BCUT2D eigenvalue weighted by Crippen LogP contribution is 2.21. The summed E-state index contributed by atoms with van der Waals surface area (Å²) in [6, 6.07) is 10.8. The van der Waals surface area contributed by atoms with Crippen molar-refractivity contribution in [1.29, 1.82) is 0 Å². The van der Waals surface area contributed by atoms with Crippen LogP contribution in [0.3, 0.4) is 0 Å². The average Bonchev–Trinajstić information content (AvgIpc) is 2.55. The van der Waals surface area contributed by atoms with E-state index in [2.05, 4.69) is 60.6 Å². The van der Waals surface area contributed by atoms with Crippen LogP contribution < -0.4 is 4.90 Å². The summed E-state index contributed by atoms with van der Waals surface area (Å²) < 4.78 is 0. The molecule has 1 fully saturated rings. The lowest BCUT2D eigenvalue weighted by molar-refractivity contribution is 0.311. The molecule has 2 heterocycles. The van der Waals surface area contributed by atoms with Crippen molar-refractivity contribution in [3.8, 4) is 0 Å². The van der Waals surface area contributed by atoms with Crippen molar-refractivity contribution in [3.63, 3.8) is 0 Å². The minimum atomic E-state index is 1.02. The maximum absolute atomic E-state index is 4.83. The topological polar surface area (TPSA) is 19.4 Å². The second kappa shape index (κ2) is 6.39. The van der Waals surface area contributed by atoms with E-state index in [1.54, 1.807) is 0 Å². The first-order chi connectivity index (χ1) is 10.7. The smallest absolute Gasteiger partial charge is 0.129 e. The number of allylic oxidation sites excluding steroid dienone is 1. The number of hydrogen-bond acceptors (Lipinski definition) is 3. The molecule has 3 nitrogen and oxygen atoms in total. The Morgan fingerprint density at radius 2 is 1.91 bits per heavy atom. The molecule has 116 valence electrons. The van der Waals surface area contributed by atoms with E-state index in [0.29, 0.717) is 0 Å². The monoisotopic (exact) mass is 295 g/mol. The van der Waals surface area contributed by atoms with Gasteiger partial charge < -0.3 is 9.80 Å². The normalized spacial score (nSPS) is 15.4. The fourth-order valence-corrected chi connectivity index (χ4v) is 3.11. The van der Waals surface area contributed by atoms with Crippen molar-refractivity contribution < 1.29 is 0 Å². The van der Waals surface area contributed by atoms with Gasteiger partial charge in [-0.15, -0.1) is 0 Å². The predicted octanol–water partition coefficient (Wildman–Crippen LogP) is 3.98. The van der Waals surface area contributed by atoms with Gasteiger partial charge in [0.2, 0.25) is 0 Å². The highest BCUT2D eigenvalue weighted by atomic mass is 15.3. The number of aromatic nitrogens is 1. The molecular weight excluding hydrogens is 270 g/mol. The van der Waals surface area contributed by atoms with E-state index in [4.69, 9.17) is 4.98 Å². The van der Waals surface area contributed by atoms with Crippen LogP contribution in [0.1, 0.15) is 25.3 Å². The fraction of sp³-hybridized carbons (Fsp3) is 0.421. The van der Waals surface area contributed by atoms with E-state index in [0.717, 1.165) is 43.9 Å². The van der Waals surface area contributed by atoms with Crippen LogP contribution in [0.2, 0.25) is 0 Å². The zero-order valence-electron chi connectivity index (χ0n) is 13.7. The first-order valence-electron chi connectivity index (χ1n) is 8.22. The van der Waals surface area contributed by atoms with Gasteiger partial charge in [0, 0.05) is 37.3 Å². The van der Waals surface area contributed by atoms with E-state index in [9.17, 15) is 0 Å². The highest BCUT2D eigenvalue weighted by Gasteiger charge is 2.18. The average molecular weight is 295 g/mol. The Kier molecular flexibility index (Phi) is 4.32. The Balaban J connectivity index is 1.71. The second-order valence-electron chi connectivity index (χ2n) is 6.16. The van der Waals surface area contributed by atoms with Crippen LogP contribution in [0, 0.1) is 6.92 Å². The van der Waals surface area contributed by atoms with E-state index in [1.165, 1.54) is 23.1 Å². The van der Waals surface area contributed by atoms with Crippen molar-refractivity contribution in [2.24, 2.45) is 0 Å². The zero-order chi connectivity index (χ0) is 15.5. The van der Waals surface area contributed by atoms with Crippen LogP contribution in [0.5, 0.6) is 0 Å². The molecule has 3 rings (SSSR count). The third-order valence-electron chi connectivity index (χ3n) is 4.42. The molecule has 22 heavy (non-hydrogen) atoms. The molecule has 0 unspecified atom stereocenters. The number of hydrogen-bond donors (Lipinski definition) is 0. The molecule has 1 aromatic carbocycles. The molecule has 1 saturated heterocycles. The molecule has 0 amide bonds. The van der Waals surface area contributed by atoms with Gasteiger partial charge in [-0.2, -0.15) is 0 Å². The molecule has 0 radical (unpaired) electrons. The zero-order valence-corrected chi connectivity index (χ0v) is 13.7.